The third-order valence-corrected chi connectivity index (χ3v) is 3.36. The molecule has 0 radical (unpaired) electrons. The first-order valence-electron chi connectivity index (χ1n) is 5.33. The third kappa shape index (κ3) is 4.23. The highest BCUT2D eigenvalue weighted by Gasteiger charge is 2.10. The van der Waals surface area contributed by atoms with E-state index in [1.165, 1.54) is 0 Å². The Labute approximate surface area is 104 Å². The lowest BCUT2D eigenvalue weighted by Crippen LogP contribution is -2.32. The summed E-state index contributed by atoms with van der Waals surface area (Å²) in [5.74, 6) is 0.292. The minimum absolute atomic E-state index is 0.0290. The molecule has 1 unspecified atom stereocenters. The van der Waals surface area contributed by atoms with Gasteiger partial charge in [-0.1, -0.05) is 35.0 Å². The average molecular weight is 286 g/mol. The van der Waals surface area contributed by atoms with Crippen LogP contribution in [-0.2, 0) is 11.2 Å². The molecule has 1 aromatic rings. The maximum Gasteiger partial charge on any atom is 0.233 e. The molecule has 0 aliphatic rings. The van der Waals surface area contributed by atoms with Crippen LogP contribution in [0.1, 0.15) is 18.9 Å². The number of rotatable bonds is 5. The molecule has 2 N–H and O–H groups in total. The molecule has 0 aromatic heterocycles. The lowest BCUT2D eigenvalue weighted by molar-refractivity contribution is -0.120. The van der Waals surface area contributed by atoms with E-state index in [1.807, 2.05) is 19.1 Å². The monoisotopic (exact) mass is 285 g/mol. The molecule has 88 valence electrons. The van der Waals surface area contributed by atoms with Gasteiger partial charge in [0.25, 0.3) is 0 Å². The van der Waals surface area contributed by atoms with Gasteiger partial charge in [-0.25, -0.2) is 0 Å². The SMILES string of the molecule is CCC(Br)C(=O)NCCc1ccc(O)cc1. The maximum absolute atomic E-state index is 11.4. The van der Waals surface area contributed by atoms with Crippen molar-refractivity contribution in [2.24, 2.45) is 0 Å². The number of hydrogen-bond acceptors (Lipinski definition) is 2. The van der Waals surface area contributed by atoms with E-state index in [2.05, 4.69) is 21.2 Å². The van der Waals surface area contributed by atoms with Gasteiger partial charge in [0.15, 0.2) is 0 Å². The number of carbonyl (C=O) groups excluding carboxylic acids is 1. The molecule has 0 heterocycles. The Morgan fingerprint density at radius 2 is 2.06 bits per heavy atom. The molecule has 1 aromatic carbocycles. The van der Waals surface area contributed by atoms with Gasteiger partial charge >= 0.3 is 0 Å². The normalized spacial score (nSPS) is 12.1. The van der Waals surface area contributed by atoms with Gasteiger partial charge in [-0.3, -0.25) is 4.79 Å². The lowest BCUT2D eigenvalue weighted by atomic mass is 10.1. The number of benzene rings is 1. The first-order valence-corrected chi connectivity index (χ1v) is 6.24. The van der Waals surface area contributed by atoms with E-state index in [-0.39, 0.29) is 16.5 Å². The van der Waals surface area contributed by atoms with Crippen molar-refractivity contribution in [3.63, 3.8) is 0 Å². The number of carbonyl (C=O) groups is 1. The summed E-state index contributed by atoms with van der Waals surface area (Å²) in [4.78, 5) is 11.3. The van der Waals surface area contributed by atoms with E-state index >= 15 is 0 Å². The molecule has 0 aliphatic carbocycles. The Morgan fingerprint density at radius 3 is 2.62 bits per heavy atom. The minimum atomic E-state index is -0.104. The van der Waals surface area contributed by atoms with E-state index in [9.17, 15) is 4.79 Å². The number of alkyl halides is 1. The van der Waals surface area contributed by atoms with E-state index in [0.717, 1.165) is 18.4 Å². The summed E-state index contributed by atoms with van der Waals surface area (Å²) in [6, 6.07) is 7.01. The van der Waals surface area contributed by atoms with E-state index < -0.39 is 0 Å². The molecule has 4 heteroatoms. The van der Waals surface area contributed by atoms with Crippen molar-refractivity contribution in [3.8, 4) is 5.75 Å². The van der Waals surface area contributed by atoms with Gasteiger partial charge in [0.05, 0.1) is 4.83 Å². The van der Waals surface area contributed by atoms with Gasteiger partial charge in [-0.15, -0.1) is 0 Å². The molecule has 3 nitrogen and oxygen atoms in total. The van der Waals surface area contributed by atoms with Crippen LogP contribution in [-0.4, -0.2) is 22.4 Å². The molecular formula is C12H16BrNO2. The van der Waals surface area contributed by atoms with Crippen LogP contribution in [0.4, 0.5) is 0 Å². The van der Waals surface area contributed by atoms with Gasteiger partial charge in [0, 0.05) is 6.54 Å². The van der Waals surface area contributed by atoms with Gasteiger partial charge in [-0.05, 0) is 30.5 Å². The van der Waals surface area contributed by atoms with Crippen molar-refractivity contribution < 1.29 is 9.90 Å². The number of phenols is 1. The molecular weight excluding hydrogens is 270 g/mol. The molecule has 0 saturated heterocycles. The predicted molar refractivity (Wildman–Crippen MR) is 67.8 cm³/mol. The van der Waals surface area contributed by atoms with Gasteiger partial charge in [0.2, 0.25) is 5.91 Å². The largest absolute Gasteiger partial charge is 0.508 e. The van der Waals surface area contributed by atoms with Crippen molar-refractivity contribution >= 4 is 21.8 Å². The third-order valence-electron chi connectivity index (χ3n) is 2.29. The summed E-state index contributed by atoms with van der Waals surface area (Å²) in [5.41, 5.74) is 1.10. The zero-order chi connectivity index (χ0) is 12.0. The van der Waals surface area contributed by atoms with Gasteiger partial charge < -0.3 is 10.4 Å². The molecule has 1 atom stereocenters. The second-order valence-electron chi connectivity index (χ2n) is 3.58. The number of amides is 1. The quantitative estimate of drug-likeness (QED) is 0.815. The summed E-state index contributed by atoms with van der Waals surface area (Å²) in [7, 11) is 0. The Kier molecular flexibility index (Phi) is 5.32. The fourth-order valence-corrected chi connectivity index (χ4v) is 1.45. The molecule has 16 heavy (non-hydrogen) atoms. The van der Waals surface area contributed by atoms with Crippen molar-refractivity contribution in [2.75, 3.05) is 6.54 Å². The fourth-order valence-electron chi connectivity index (χ4n) is 1.29. The maximum atomic E-state index is 11.4. The Bertz CT molecular complexity index is 337. The summed E-state index contributed by atoms with van der Waals surface area (Å²) in [6.45, 7) is 2.57. The van der Waals surface area contributed by atoms with Crippen LogP contribution in [0.15, 0.2) is 24.3 Å². The molecule has 0 fully saturated rings. The molecule has 0 bridgehead atoms. The minimum Gasteiger partial charge on any atom is -0.508 e. The van der Waals surface area contributed by atoms with E-state index in [1.54, 1.807) is 12.1 Å². The second kappa shape index (κ2) is 6.53. The number of aromatic hydroxyl groups is 1. The average Bonchev–Trinajstić information content (AvgIpc) is 2.30. The van der Waals surface area contributed by atoms with Crippen molar-refractivity contribution in [3.05, 3.63) is 29.8 Å². The topological polar surface area (TPSA) is 49.3 Å². The number of nitrogens with one attached hydrogen (secondary N) is 1. The van der Waals surface area contributed by atoms with Gasteiger partial charge in [0.1, 0.15) is 5.75 Å². The zero-order valence-corrected chi connectivity index (χ0v) is 10.8. The Balaban J connectivity index is 2.30. The standard InChI is InChI=1S/C12H16BrNO2/c1-2-11(13)12(16)14-8-7-9-3-5-10(15)6-4-9/h3-6,11,15H,2,7-8H2,1H3,(H,14,16). The van der Waals surface area contributed by atoms with Crippen LogP contribution in [0.5, 0.6) is 5.75 Å². The second-order valence-corrected chi connectivity index (χ2v) is 4.69. The molecule has 1 rings (SSSR count). The van der Waals surface area contributed by atoms with Crippen molar-refractivity contribution in [1.29, 1.82) is 0 Å². The number of halogens is 1. The van der Waals surface area contributed by atoms with Crippen LogP contribution in [0, 0.1) is 0 Å². The van der Waals surface area contributed by atoms with E-state index in [0.29, 0.717) is 6.54 Å². The summed E-state index contributed by atoms with van der Waals surface area (Å²) < 4.78 is 0. The van der Waals surface area contributed by atoms with Crippen molar-refractivity contribution in [2.45, 2.75) is 24.6 Å². The smallest absolute Gasteiger partial charge is 0.233 e. The number of phenolic OH excluding ortho intramolecular Hbond substituents is 1. The fraction of sp³-hybridized carbons (Fsp3) is 0.417. The summed E-state index contributed by atoms with van der Waals surface area (Å²) >= 11 is 3.29. The Morgan fingerprint density at radius 1 is 1.44 bits per heavy atom. The first-order chi connectivity index (χ1) is 7.63. The zero-order valence-electron chi connectivity index (χ0n) is 9.24. The first kappa shape index (κ1) is 13.0. The van der Waals surface area contributed by atoms with Gasteiger partial charge in [-0.2, -0.15) is 0 Å². The molecule has 0 aliphatic heterocycles. The molecule has 1 amide bonds. The van der Waals surface area contributed by atoms with Crippen LogP contribution >= 0.6 is 15.9 Å². The number of hydrogen-bond donors (Lipinski definition) is 2. The van der Waals surface area contributed by atoms with E-state index in [4.69, 9.17) is 5.11 Å². The predicted octanol–water partition coefficient (Wildman–Crippen LogP) is 2.22. The molecule has 0 saturated carbocycles. The van der Waals surface area contributed by atoms with Crippen molar-refractivity contribution in [1.82, 2.24) is 5.32 Å². The summed E-state index contributed by atoms with van der Waals surface area (Å²) in [5, 5.41) is 11.9. The highest BCUT2D eigenvalue weighted by atomic mass is 79.9. The van der Waals surface area contributed by atoms with Crippen LogP contribution < -0.4 is 5.32 Å². The Hall–Kier alpha value is -1.03. The highest BCUT2D eigenvalue weighted by molar-refractivity contribution is 9.10. The lowest BCUT2D eigenvalue weighted by Gasteiger charge is -2.08. The van der Waals surface area contributed by atoms with Crippen LogP contribution in [0.25, 0.3) is 0 Å². The molecule has 0 spiro atoms. The highest BCUT2D eigenvalue weighted by Crippen LogP contribution is 2.09. The van der Waals surface area contributed by atoms with Crippen LogP contribution in [0.3, 0.4) is 0 Å². The summed E-state index contributed by atoms with van der Waals surface area (Å²) in [6.07, 6.45) is 1.56. The van der Waals surface area contributed by atoms with Crippen LogP contribution in [0.2, 0.25) is 0 Å².